The summed E-state index contributed by atoms with van der Waals surface area (Å²) in [6.45, 7) is 2.46. The van der Waals surface area contributed by atoms with Crippen molar-refractivity contribution in [3.63, 3.8) is 0 Å². The zero-order chi connectivity index (χ0) is 15.2. The zero-order valence-corrected chi connectivity index (χ0v) is 15.3. The lowest BCUT2D eigenvalue weighted by molar-refractivity contribution is -0.116. The number of fused-ring (bicyclic) bond motifs is 1. The molecule has 0 unspecified atom stereocenters. The number of hydrogen-bond donors (Lipinski definition) is 2. The monoisotopic (exact) mass is 360 g/mol. The standard InChI is InChI=1S/C16H24N4O.2ClH/c1-19(2)10-11-20-9-7-13-5-6-14(12-15(13)20)18-16(21)4-3-8-17;;/h5-7,9,12H,3-4,8,10-11,17H2,1-2H3,(H,18,21);2*1H. The molecule has 23 heavy (non-hydrogen) atoms. The summed E-state index contributed by atoms with van der Waals surface area (Å²) >= 11 is 0. The molecule has 0 aliphatic heterocycles. The van der Waals surface area contributed by atoms with Crippen LogP contribution in [0.25, 0.3) is 10.9 Å². The molecule has 0 atom stereocenters. The Balaban J connectivity index is 0.00000242. The molecule has 0 saturated carbocycles. The lowest BCUT2D eigenvalue weighted by Crippen LogP contribution is -2.18. The van der Waals surface area contributed by atoms with Crippen LogP contribution in [0.4, 0.5) is 5.69 Å². The smallest absolute Gasteiger partial charge is 0.224 e. The molecule has 1 aromatic heterocycles. The summed E-state index contributed by atoms with van der Waals surface area (Å²) in [6, 6.07) is 8.12. The Bertz CT molecular complexity index is 613. The molecule has 0 aliphatic rings. The van der Waals surface area contributed by atoms with E-state index in [-0.39, 0.29) is 30.7 Å². The van der Waals surface area contributed by atoms with Crippen LogP contribution in [0.5, 0.6) is 0 Å². The Morgan fingerprint density at radius 3 is 2.65 bits per heavy atom. The second-order valence-corrected chi connectivity index (χ2v) is 5.53. The molecule has 0 spiro atoms. The predicted molar refractivity (Wildman–Crippen MR) is 102 cm³/mol. The average molecular weight is 361 g/mol. The molecule has 0 aliphatic carbocycles. The number of likely N-dealkylation sites (N-methyl/N-ethyl adjacent to an activating group) is 1. The molecule has 2 rings (SSSR count). The maximum Gasteiger partial charge on any atom is 0.224 e. The van der Waals surface area contributed by atoms with Crippen molar-refractivity contribution in [2.75, 3.05) is 32.5 Å². The number of halogens is 2. The van der Waals surface area contributed by atoms with Gasteiger partial charge in [0, 0.05) is 31.4 Å². The number of carbonyl (C=O) groups excluding carboxylic acids is 1. The third kappa shape index (κ3) is 6.39. The minimum Gasteiger partial charge on any atom is -0.346 e. The van der Waals surface area contributed by atoms with Gasteiger partial charge in [0.05, 0.1) is 5.52 Å². The van der Waals surface area contributed by atoms with Crippen LogP contribution in [0.15, 0.2) is 30.5 Å². The number of anilines is 1. The molecule has 2 aromatic rings. The van der Waals surface area contributed by atoms with Crippen molar-refractivity contribution in [3.8, 4) is 0 Å². The first-order valence-corrected chi connectivity index (χ1v) is 7.33. The summed E-state index contributed by atoms with van der Waals surface area (Å²) in [6.07, 6.45) is 3.28. The first kappa shape index (κ1) is 21.7. The van der Waals surface area contributed by atoms with E-state index in [1.165, 1.54) is 5.39 Å². The van der Waals surface area contributed by atoms with E-state index in [2.05, 4.69) is 41.1 Å². The van der Waals surface area contributed by atoms with E-state index in [0.29, 0.717) is 19.4 Å². The van der Waals surface area contributed by atoms with Crippen LogP contribution in [0.1, 0.15) is 12.8 Å². The summed E-state index contributed by atoms with van der Waals surface area (Å²) in [5.74, 6) is 0.0196. The first-order valence-electron chi connectivity index (χ1n) is 7.33. The summed E-state index contributed by atoms with van der Waals surface area (Å²) in [4.78, 5) is 13.9. The number of nitrogens with zero attached hydrogens (tertiary/aromatic N) is 2. The van der Waals surface area contributed by atoms with Gasteiger partial charge in [-0.3, -0.25) is 4.79 Å². The van der Waals surface area contributed by atoms with Crippen LogP contribution >= 0.6 is 24.8 Å². The van der Waals surface area contributed by atoms with Gasteiger partial charge in [0.25, 0.3) is 0 Å². The SMILES string of the molecule is CN(C)CCn1ccc2ccc(NC(=O)CCCN)cc21.Cl.Cl. The Morgan fingerprint density at radius 2 is 2.00 bits per heavy atom. The minimum atomic E-state index is 0. The van der Waals surface area contributed by atoms with Gasteiger partial charge in [-0.05, 0) is 50.6 Å². The van der Waals surface area contributed by atoms with Crippen molar-refractivity contribution < 1.29 is 4.79 Å². The quantitative estimate of drug-likeness (QED) is 0.797. The largest absolute Gasteiger partial charge is 0.346 e. The molecular weight excluding hydrogens is 335 g/mol. The van der Waals surface area contributed by atoms with Gasteiger partial charge in [-0.2, -0.15) is 0 Å². The van der Waals surface area contributed by atoms with Crippen LogP contribution in [-0.2, 0) is 11.3 Å². The number of nitrogens with one attached hydrogen (secondary N) is 1. The Kier molecular flexibility index (Phi) is 9.91. The van der Waals surface area contributed by atoms with Crippen molar-refractivity contribution in [3.05, 3.63) is 30.5 Å². The lowest BCUT2D eigenvalue weighted by atomic mass is 10.2. The van der Waals surface area contributed by atoms with E-state index in [9.17, 15) is 4.79 Å². The molecule has 0 radical (unpaired) electrons. The Labute approximate surface area is 150 Å². The van der Waals surface area contributed by atoms with Crippen molar-refractivity contribution >= 4 is 47.3 Å². The first-order chi connectivity index (χ1) is 10.1. The Morgan fingerprint density at radius 1 is 1.26 bits per heavy atom. The molecule has 5 nitrogen and oxygen atoms in total. The van der Waals surface area contributed by atoms with Crippen molar-refractivity contribution in [2.24, 2.45) is 5.73 Å². The highest BCUT2D eigenvalue weighted by Crippen LogP contribution is 2.20. The Hall–Kier alpha value is -1.27. The topological polar surface area (TPSA) is 63.3 Å². The van der Waals surface area contributed by atoms with E-state index in [1.54, 1.807) is 0 Å². The third-order valence-corrected chi connectivity index (χ3v) is 3.45. The van der Waals surface area contributed by atoms with Crippen LogP contribution in [-0.4, -0.2) is 42.6 Å². The minimum absolute atomic E-state index is 0. The van der Waals surface area contributed by atoms with E-state index in [4.69, 9.17) is 5.73 Å². The maximum atomic E-state index is 11.8. The fourth-order valence-electron chi connectivity index (χ4n) is 2.25. The third-order valence-electron chi connectivity index (χ3n) is 3.45. The number of benzene rings is 1. The van der Waals surface area contributed by atoms with E-state index < -0.39 is 0 Å². The molecule has 1 aromatic carbocycles. The molecule has 7 heteroatoms. The van der Waals surface area contributed by atoms with Gasteiger partial charge in [-0.25, -0.2) is 0 Å². The van der Waals surface area contributed by atoms with Gasteiger partial charge in [0.2, 0.25) is 5.91 Å². The molecule has 130 valence electrons. The summed E-state index contributed by atoms with van der Waals surface area (Å²) in [5, 5.41) is 4.12. The van der Waals surface area contributed by atoms with Gasteiger partial charge in [0.1, 0.15) is 0 Å². The maximum absolute atomic E-state index is 11.8. The number of aromatic nitrogens is 1. The van der Waals surface area contributed by atoms with Gasteiger partial charge in [-0.15, -0.1) is 24.8 Å². The second kappa shape index (κ2) is 10.5. The van der Waals surface area contributed by atoms with Crippen LogP contribution in [0.2, 0.25) is 0 Å². The fourth-order valence-corrected chi connectivity index (χ4v) is 2.25. The highest BCUT2D eigenvalue weighted by atomic mass is 35.5. The molecule has 3 N–H and O–H groups in total. The molecule has 0 bridgehead atoms. The molecule has 0 fully saturated rings. The van der Waals surface area contributed by atoms with Crippen molar-refractivity contribution in [1.82, 2.24) is 9.47 Å². The van der Waals surface area contributed by atoms with Crippen molar-refractivity contribution in [1.29, 1.82) is 0 Å². The zero-order valence-electron chi connectivity index (χ0n) is 13.6. The fraction of sp³-hybridized carbons (Fsp3) is 0.438. The summed E-state index contributed by atoms with van der Waals surface area (Å²) < 4.78 is 2.21. The lowest BCUT2D eigenvalue weighted by Gasteiger charge is -2.12. The van der Waals surface area contributed by atoms with E-state index in [1.807, 2.05) is 18.2 Å². The molecular formula is C16H26Cl2N4O. The number of carbonyl (C=O) groups is 1. The number of amides is 1. The van der Waals surface area contributed by atoms with Gasteiger partial charge < -0.3 is 20.5 Å². The summed E-state index contributed by atoms with van der Waals surface area (Å²) in [7, 11) is 4.13. The van der Waals surface area contributed by atoms with Crippen LogP contribution in [0.3, 0.4) is 0 Å². The van der Waals surface area contributed by atoms with Crippen LogP contribution < -0.4 is 11.1 Å². The number of hydrogen-bond acceptors (Lipinski definition) is 3. The normalized spacial score (nSPS) is 10.3. The molecule has 0 saturated heterocycles. The number of rotatable bonds is 7. The molecule has 1 heterocycles. The van der Waals surface area contributed by atoms with Gasteiger partial charge in [-0.1, -0.05) is 6.07 Å². The highest BCUT2D eigenvalue weighted by Gasteiger charge is 2.05. The highest BCUT2D eigenvalue weighted by molar-refractivity contribution is 5.93. The van der Waals surface area contributed by atoms with Gasteiger partial charge in [0.15, 0.2) is 0 Å². The van der Waals surface area contributed by atoms with Crippen molar-refractivity contribution in [2.45, 2.75) is 19.4 Å². The van der Waals surface area contributed by atoms with Gasteiger partial charge >= 0.3 is 0 Å². The summed E-state index contributed by atoms with van der Waals surface area (Å²) in [5.41, 5.74) is 7.41. The molecule has 1 amide bonds. The second-order valence-electron chi connectivity index (χ2n) is 5.53. The predicted octanol–water partition coefficient (Wildman–Crippen LogP) is 2.72. The number of nitrogens with two attached hydrogens (primary N) is 1. The van der Waals surface area contributed by atoms with E-state index in [0.717, 1.165) is 24.3 Å². The average Bonchev–Trinajstić information content (AvgIpc) is 2.85. The van der Waals surface area contributed by atoms with E-state index >= 15 is 0 Å². The van der Waals surface area contributed by atoms with Crippen LogP contribution in [0, 0.1) is 0 Å².